The number of furan rings is 2. The molecule has 0 amide bonds. The molecule has 0 aliphatic rings. The smallest absolute Gasteiger partial charge is 0.136 e. The Labute approximate surface area is 254 Å². The third-order valence-electron chi connectivity index (χ3n) is 8.72. The minimum atomic E-state index is 0.865. The van der Waals surface area contributed by atoms with Gasteiger partial charge in [0.2, 0.25) is 0 Å². The van der Waals surface area contributed by atoms with Crippen LogP contribution in [0.25, 0.3) is 88.4 Å². The van der Waals surface area contributed by atoms with Gasteiger partial charge in [-0.05, 0) is 80.9 Å². The van der Waals surface area contributed by atoms with Gasteiger partial charge in [0.25, 0.3) is 0 Å². The molecule has 0 aliphatic carbocycles. The quantitative estimate of drug-likeness (QED) is 0.213. The molecule has 0 saturated carbocycles. The normalized spacial score (nSPS) is 11.6. The summed E-state index contributed by atoms with van der Waals surface area (Å²) in [5.41, 5.74) is 13.0. The molecule has 9 aromatic rings. The summed E-state index contributed by atoms with van der Waals surface area (Å²) >= 11 is 0. The molecule has 0 fully saturated rings. The Morgan fingerprint density at radius 2 is 0.545 bits per heavy atom. The Morgan fingerprint density at radius 1 is 0.250 bits per heavy atom. The molecule has 206 valence electrons. The number of rotatable bonds is 4. The molecular weight excluding hydrogens is 536 g/mol. The molecule has 2 aromatic heterocycles. The summed E-state index contributed by atoms with van der Waals surface area (Å²) < 4.78 is 12.8. The van der Waals surface area contributed by atoms with E-state index in [1.54, 1.807) is 0 Å². The van der Waals surface area contributed by atoms with Gasteiger partial charge < -0.3 is 8.83 Å². The maximum atomic E-state index is 6.38. The Balaban J connectivity index is 1.17. The molecule has 2 heterocycles. The Bertz CT molecular complexity index is 2270. The molecule has 44 heavy (non-hydrogen) atoms. The Kier molecular flexibility index (Phi) is 5.54. The highest BCUT2D eigenvalue weighted by Gasteiger charge is 2.17. The first kappa shape index (κ1) is 24.7. The molecular formula is C42H26O2. The van der Waals surface area contributed by atoms with Crippen molar-refractivity contribution in [3.8, 4) is 44.5 Å². The average molecular weight is 563 g/mol. The van der Waals surface area contributed by atoms with Gasteiger partial charge in [-0.25, -0.2) is 0 Å². The van der Waals surface area contributed by atoms with Crippen molar-refractivity contribution < 1.29 is 8.83 Å². The predicted octanol–water partition coefficient (Wildman–Crippen LogP) is 12.2. The van der Waals surface area contributed by atoms with Crippen LogP contribution < -0.4 is 0 Å². The highest BCUT2D eigenvalue weighted by Crippen LogP contribution is 2.42. The van der Waals surface area contributed by atoms with Gasteiger partial charge in [0.05, 0.1) is 0 Å². The van der Waals surface area contributed by atoms with E-state index in [0.717, 1.165) is 55.0 Å². The molecule has 0 atom stereocenters. The molecule has 0 radical (unpaired) electrons. The van der Waals surface area contributed by atoms with Crippen LogP contribution in [0.1, 0.15) is 0 Å². The molecule has 0 aliphatic heterocycles. The lowest BCUT2D eigenvalue weighted by molar-refractivity contribution is 0.663. The van der Waals surface area contributed by atoms with E-state index in [0.29, 0.717) is 0 Å². The van der Waals surface area contributed by atoms with Gasteiger partial charge in [-0.3, -0.25) is 0 Å². The molecule has 2 heteroatoms. The van der Waals surface area contributed by atoms with Crippen molar-refractivity contribution in [3.63, 3.8) is 0 Å². The summed E-state index contributed by atoms with van der Waals surface area (Å²) in [4.78, 5) is 0. The van der Waals surface area contributed by atoms with E-state index >= 15 is 0 Å². The van der Waals surface area contributed by atoms with Crippen LogP contribution in [0.15, 0.2) is 167 Å². The van der Waals surface area contributed by atoms with Crippen molar-refractivity contribution >= 4 is 43.9 Å². The molecule has 0 spiro atoms. The first-order valence-corrected chi connectivity index (χ1v) is 14.9. The molecule has 7 aromatic carbocycles. The van der Waals surface area contributed by atoms with Gasteiger partial charge in [0.15, 0.2) is 0 Å². The minimum absolute atomic E-state index is 0.865. The molecule has 2 nitrogen and oxygen atoms in total. The lowest BCUT2D eigenvalue weighted by Crippen LogP contribution is -1.81. The van der Waals surface area contributed by atoms with Crippen LogP contribution >= 0.6 is 0 Å². The first-order chi connectivity index (χ1) is 21.8. The van der Waals surface area contributed by atoms with Crippen molar-refractivity contribution in [3.05, 3.63) is 158 Å². The molecule has 0 saturated heterocycles. The van der Waals surface area contributed by atoms with E-state index in [9.17, 15) is 0 Å². The summed E-state index contributed by atoms with van der Waals surface area (Å²) in [6.07, 6.45) is 0. The summed E-state index contributed by atoms with van der Waals surface area (Å²) in [5.74, 6) is 0. The van der Waals surface area contributed by atoms with Crippen LogP contribution in [-0.4, -0.2) is 0 Å². The second-order valence-electron chi connectivity index (χ2n) is 11.3. The molecule has 0 bridgehead atoms. The Morgan fingerprint density at radius 3 is 0.932 bits per heavy atom. The summed E-state index contributed by atoms with van der Waals surface area (Å²) in [7, 11) is 0. The number of hydrogen-bond acceptors (Lipinski definition) is 2. The SMILES string of the molecule is c1ccc(-c2ccc(-c3ccc4oc5ccc6oc7ccc(-c8ccc(-c9ccccc9)cc8)cc7c6c5c4c3)cc2)cc1. The van der Waals surface area contributed by atoms with Gasteiger partial charge in [0.1, 0.15) is 22.3 Å². The predicted molar refractivity (Wildman–Crippen MR) is 183 cm³/mol. The van der Waals surface area contributed by atoms with E-state index in [1.807, 2.05) is 24.3 Å². The van der Waals surface area contributed by atoms with Crippen molar-refractivity contribution in [1.82, 2.24) is 0 Å². The van der Waals surface area contributed by atoms with Crippen LogP contribution in [0, 0.1) is 0 Å². The fourth-order valence-corrected chi connectivity index (χ4v) is 6.47. The lowest BCUT2D eigenvalue weighted by atomic mass is 9.97. The summed E-state index contributed by atoms with van der Waals surface area (Å²) in [6, 6.07) is 55.6. The van der Waals surface area contributed by atoms with E-state index in [4.69, 9.17) is 8.83 Å². The number of benzene rings is 7. The lowest BCUT2D eigenvalue weighted by Gasteiger charge is -2.06. The van der Waals surface area contributed by atoms with E-state index < -0.39 is 0 Å². The highest BCUT2D eigenvalue weighted by molar-refractivity contribution is 6.26. The second kappa shape index (κ2) is 9.86. The van der Waals surface area contributed by atoms with Crippen molar-refractivity contribution in [2.75, 3.05) is 0 Å². The van der Waals surface area contributed by atoms with Gasteiger partial charge in [0, 0.05) is 21.5 Å². The Hall–Kier alpha value is -5.86. The van der Waals surface area contributed by atoms with E-state index in [-0.39, 0.29) is 0 Å². The zero-order valence-corrected chi connectivity index (χ0v) is 23.8. The van der Waals surface area contributed by atoms with Crippen LogP contribution in [-0.2, 0) is 0 Å². The third kappa shape index (κ3) is 4.04. The van der Waals surface area contributed by atoms with E-state index in [1.165, 1.54) is 33.4 Å². The average Bonchev–Trinajstić information content (AvgIpc) is 3.66. The zero-order valence-electron chi connectivity index (χ0n) is 23.8. The topological polar surface area (TPSA) is 26.3 Å². The highest BCUT2D eigenvalue weighted by atomic mass is 16.3. The van der Waals surface area contributed by atoms with Crippen LogP contribution in [0.2, 0.25) is 0 Å². The van der Waals surface area contributed by atoms with Crippen LogP contribution in [0.5, 0.6) is 0 Å². The van der Waals surface area contributed by atoms with Crippen molar-refractivity contribution in [2.24, 2.45) is 0 Å². The van der Waals surface area contributed by atoms with Gasteiger partial charge in [-0.15, -0.1) is 0 Å². The van der Waals surface area contributed by atoms with Crippen molar-refractivity contribution in [1.29, 1.82) is 0 Å². The second-order valence-corrected chi connectivity index (χ2v) is 11.3. The van der Waals surface area contributed by atoms with Gasteiger partial charge in [-0.2, -0.15) is 0 Å². The number of fused-ring (bicyclic) bond motifs is 7. The van der Waals surface area contributed by atoms with Gasteiger partial charge in [-0.1, -0.05) is 121 Å². The van der Waals surface area contributed by atoms with Crippen LogP contribution in [0.4, 0.5) is 0 Å². The monoisotopic (exact) mass is 562 g/mol. The maximum absolute atomic E-state index is 6.38. The summed E-state index contributed by atoms with van der Waals surface area (Å²) in [5, 5.41) is 4.37. The fourth-order valence-electron chi connectivity index (χ4n) is 6.47. The van der Waals surface area contributed by atoms with E-state index in [2.05, 4.69) is 133 Å². The zero-order chi connectivity index (χ0) is 29.0. The first-order valence-electron chi connectivity index (χ1n) is 14.9. The van der Waals surface area contributed by atoms with Crippen molar-refractivity contribution in [2.45, 2.75) is 0 Å². The molecule has 0 N–H and O–H groups in total. The molecule has 0 unspecified atom stereocenters. The minimum Gasteiger partial charge on any atom is -0.456 e. The van der Waals surface area contributed by atoms with Gasteiger partial charge >= 0.3 is 0 Å². The maximum Gasteiger partial charge on any atom is 0.136 e. The summed E-state index contributed by atoms with van der Waals surface area (Å²) in [6.45, 7) is 0. The third-order valence-corrected chi connectivity index (χ3v) is 8.72. The number of hydrogen-bond donors (Lipinski definition) is 0. The molecule has 9 rings (SSSR count). The van der Waals surface area contributed by atoms with Crippen LogP contribution in [0.3, 0.4) is 0 Å². The standard InChI is InChI=1S/C42H26O2/c1-3-7-27(8-4-1)29-11-15-31(16-12-29)33-19-21-37-35(25-33)41-39(43-37)23-24-40-42(41)36-26-34(20-22-38(36)44-40)32-17-13-30(14-18-32)28-9-5-2-6-10-28/h1-26H. The fraction of sp³-hybridized carbons (Fsp3) is 0. The largest absolute Gasteiger partial charge is 0.456 e.